The summed E-state index contributed by atoms with van der Waals surface area (Å²) in [6.45, 7) is 0.0918. The van der Waals surface area contributed by atoms with Gasteiger partial charge >= 0.3 is 0 Å². The van der Waals surface area contributed by atoms with Gasteiger partial charge in [-0.15, -0.1) is 0 Å². The summed E-state index contributed by atoms with van der Waals surface area (Å²) in [6.07, 6.45) is -3.32. The van der Waals surface area contributed by atoms with Gasteiger partial charge in [0.15, 0.2) is 5.78 Å². The van der Waals surface area contributed by atoms with Crippen molar-refractivity contribution in [1.29, 1.82) is 0 Å². The first kappa shape index (κ1) is 15.8. The summed E-state index contributed by atoms with van der Waals surface area (Å²) in [4.78, 5) is 15.9. The summed E-state index contributed by atoms with van der Waals surface area (Å²) < 4.78 is 26.1. The Labute approximate surface area is 126 Å². The summed E-state index contributed by atoms with van der Waals surface area (Å²) in [6, 6.07) is 14.8. The van der Waals surface area contributed by atoms with Crippen LogP contribution in [0.15, 0.2) is 59.6 Å². The Kier molecular flexibility index (Phi) is 5.36. The van der Waals surface area contributed by atoms with Crippen LogP contribution in [0.25, 0.3) is 0 Å². The van der Waals surface area contributed by atoms with Gasteiger partial charge in [0, 0.05) is 0 Å². The summed E-state index contributed by atoms with van der Waals surface area (Å²) in [5.41, 5.74) is 0.336. The highest BCUT2D eigenvalue weighted by Crippen LogP contribution is 2.19. The van der Waals surface area contributed by atoms with Crippen molar-refractivity contribution in [3.8, 4) is 5.75 Å². The minimum Gasteiger partial charge on any atom is -0.507 e. The maximum absolute atomic E-state index is 13.0. The first-order valence-corrected chi connectivity index (χ1v) is 6.74. The number of carbonyl (C=O) groups excluding carboxylic acids is 1. The van der Waals surface area contributed by atoms with Crippen molar-refractivity contribution in [2.24, 2.45) is 4.99 Å². The maximum atomic E-state index is 13.0. The summed E-state index contributed by atoms with van der Waals surface area (Å²) in [5.74, 6) is -0.797. The first-order valence-electron chi connectivity index (χ1n) is 6.74. The number of phenols is 1. The van der Waals surface area contributed by atoms with Gasteiger partial charge < -0.3 is 5.11 Å². The Balaban J connectivity index is 2.12. The molecule has 0 aromatic heterocycles. The number of hydrogen-bond donors (Lipinski definition) is 1. The molecule has 1 N–H and O–H groups in total. The Morgan fingerprint density at radius 3 is 2.32 bits per heavy atom. The van der Waals surface area contributed by atoms with Gasteiger partial charge in [-0.3, -0.25) is 9.79 Å². The lowest BCUT2D eigenvalue weighted by atomic mass is 10.0. The molecule has 0 unspecified atom stereocenters. The Hall–Kier alpha value is -2.56. The largest absolute Gasteiger partial charge is 0.507 e. The number of benzene rings is 2. The summed E-state index contributed by atoms with van der Waals surface area (Å²) in [7, 11) is 0. The van der Waals surface area contributed by atoms with E-state index in [-0.39, 0.29) is 17.9 Å². The third-order valence-electron chi connectivity index (χ3n) is 3.11. The SMILES string of the molecule is O=C(CC(=NCc1ccccc1)C(F)F)c1ccccc1O. The molecule has 0 aliphatic rings. The van der Waals surface area contributed by atoms with Gasteiger partial charge in [0.05, 0.1) is 24.2 Å². The van der Waals surface area contributed by atoms with Crippen LogP contribution in [-0.4, -0.2) is 23.0 Å². The number of aliphatic imine (C=N–C) groups is 1. The van der Waals surface area contributed by atoms with Gasteiger partial charge in [-0.05, 0) is 17.7 Å². The van der Waals surface area contributed by atoms with Gasteiger partial charge in [0.2, 0.25) is 0 Å². The molecular formula is C17H15F2NO2. The van der Waals surface area contributed by atoms with E-state index in [9.17, 15) is 18.7 Å². The predicted octanol–water partition coefficient (Wildman–Crippen LogP) is 3.87. The second kappa shape index (κ2) is 7.45. The number of carbonyl (C=O) groups is 1. The zero-order chi connectivity index (χ0) is 15.9. The molecule has 0 radical (unpaired) electrons. The smallest absolute Gasteiger partial charge is 0.276 e. The molecule has 5 heteroatoms. The lowest BCUT2D eigenvalue weighted by molar-refractivity contribution is 0.0991. The summed E-state index contributed by atoms with van der Waals surface area (Å²) in [5, 5.41) is 9.59. The van der Waals surface area contributed by atoms with Crippen LogP contribution >= 0.6 is 0 Å². The molecule has 0 atom stereocenters. The van der Waals surface area contributed by atoms with Crippen LogP contribution in [0.2, 0.25) is 0 Å². The van der Waals surface area contributed by atoms with E-state index in [0.717, 1.165) is 5.56 Å². The van der Waals surface area contributed by atoms with Crippen molar-refractivity contribution < 1.29 is 18.7 Å². The number of ketones is 1. The highest BCUT2D eigenvalue weighted by Gasteiger charge is 2.19. The van der Waals surface area contributed by atoms with E-state index < -0.39 is 24.3 Å². The number of halogens is 2. The van der Waals surface area contributed by atoms with E-state index in [4.69, 9.17) is 0 Å². The fourth-order valence-corrected chi connectivity index (χ4v) is 1.95. The van der Waals surface area contributed by atoms with Crippen molar-refractivity contribution >= 4 is 11.5 Å². The number of alkyl halides is 2. The van der Waals surface area contributed by atoms with E-state index in [1.807, 2.05) is 6.07 Å². The average molecular weight is 303 g/mol. The van der Waals surface area contributed by atoms with Crippen LogP contribution in [-0.2, 0) is 6.54 Å². The molecule has 114 valence electrons. The molecule has 0 saturated carbocycles. The number of para-hydroxylation sites is 1. The molecular weight excluding hydrogens is 288 g/mol. The fourth-order valence-electron chi connectivity index (χ4n) is 1.95. The third-order valence-corrected chi connectivity index (χ3v) is 3.11. The highest BCUT2D eigenvalue weighted by atomic mass is 19.3. The van der Waals surface area contributed by atoms with Crippen LogP contribution in [0.5, 0.6) is 5.75 Å². The molecule has 0 heterocycles. The minimum atomic E-state index is -2.81. The molecule has 0 bridgehead atoms. The molecule has 0 aliphatic heterocycles. The highest BCUT2D eigenvalue weighted by molar-refractivity contribution is 6.11. The fraction of sp³-hybridized carbons (Fsp3) is 0.176. The number of rotatable bonds is 6. The topological polar surface area (TPSA) is 49.7 Å². The van der Waals surface area contributed by atoms with Gasteiger partial charge in [-0.25, -0.2) is 8.78 Å². The summed E-state index contributed by atoms with van der Waals surface area (Å²) >= 11 is 0. The molecule has 0 amide bonds. The molecule has 2 rings (SSSR count). The molecule has 2 aromatic carbocycles. The molecule has 2 aromatic rings. The van der Waals surface area contributed by atoms with Crippen LogP contribution in [0, 0.1) is 0 Å². The van der Waals surface area contributed by atoms with E-state index in [2.05, 4.69) is 4.99 Å². The Morgan fingerprint density at radius 2 is 1.68 bits per heavy atom. The van der Waals surface area contributed by atoms with E-state index >= 15 is 0 Å². The predicted molar refractivity (Wildman–Crippen MR) is 80.6 cm³/mol. The minimum absolute atomic E-state index is 0.0237. The second-order valence-electron chi connectivity index (χ2n) is 4.71. The van der Waals surface area contributed by atoms with Crippen molar-refractivity contribution in [3.05, 3.63) is 65.7 Å². The molecule has 0 saturated heterocycles. The normalized spacial score (nSPS) is 11.7. The zero-order valence-corrected chi connectivity index (χ0v) is 11.7. The van der Waals surface area contributed by atoms with Crippen molar-refractivity contribution in [1.82, 2.24) is 0 Å². The monoisotopic (exact) mass is 303 g/mol. The molecule has 0 aliphatic carbocycles. The quantitative estimate of drug-likeness (QED) is 0.650. The van der Waals surface area contributed by atoms with E-state index in [1.54, 1.807) is 36.4 Å². The second-order valence-corrected chi connectivity index (χ2v) is 4.71. The number of aromatic hydroxyl groups is 1. The van der Waals surface area contributed by atoms with Gasteiger partial charge in [0.1, 0.15) is 5.75 Å². The van der Waals surface area contributed by atoms with Crippen molar-refractivity contribution in [3.63, 3.8) is 0 Å². The van der Waals surface area contributed by atoms with E-state index in [0.29, 0.717) is 0 Å². The first-order chi connectivity index (χ1) is 10.6. The number of phenolic OH excluding ortho intramolecular Hbond substituents is 1. The molecule has 22 heavy (non-hydrogen) atoms. The molecule has 0 fully saturated rings. The third kappa shape index (κ3) is 4.22. The van der Waals surface area contributed by atoms with Gasteiger partial charge in [-0.2, -0.15) is 0 Å². The Morgan fingerprint density at radius 1 is 1.05 bits per heavy atom. The Bertz CT molecular complexity index is 669. The maximum Gasteiger partial charge on any atom is 0.276 e. The van der Waals surface area contributed by atoms with Gasteiger partial charge in [0.25, 0.3) is 6.43 Å². The molecule has 3 nitrogen and oxygen atoms in total. The van der Waals surface area contributed by atoms with Gasteiger partial charge in [-0.1, -0.05) is 42.5 Å². The number of hydrogen-bond acceptors (Lipinski definition) is 3. The zero-order valence-electron chi connectivity index (χ0n) is 11.7. The van der Waals surface area contributed by atoms with E-state index in [1.165, 1.54) is 12.1 Å². The lowest BCUT2D eigenvalue weighted by Crippen LogP contribution is -2.16. The van der Waals surface area contributed by atoms with Crippen LogP contribution in [0.4, 0.5) is 8.78 Å². The average Bonchev–Trinajstić information content (AvgIpc) is 2.52. The molecule has 0 spiro atoms. The van der Waals surface area contributed by atoms with Crippen molar-refractivity contribution in [2.45, 2.75) is 19.4 Å². The lowest BCUT2D eigenvalue weighted by Gasteiger charge is -2.07. The van der Waals surface area contributed by atoms with Crippen molar-refractivity contribution in [2.75, 3.05) is 0 Å². The number of nitrogens with zero attached hydrogens (tertiary/aromatic N) is 1. The standard InChI is InChI=1S/C17H15F2NO2/c18-17(19)14(20-11-12-6-2-1-3-7-12)10-16(22)13-8-4-5-9-15(13)21/h1-9,17,21H,10-11H2. The van der Waals surface area contributed by atoms with Crippen LogP contribution in [0.3, 0.4) is 0 Å². The van der Waals surface area contributed by atoms with Crippen LogP contribution in [0.1, 0.15) is 22.3 Å². The number of Topliss-reactive ketones (excluding diaryl/α,β-unsaturated/α-hetero) is 1. The van der Waals surface area contributed by atoms with Crippen LogP contribution < -0.4 is 0 Å².